The zero-order chi connectivity index (χ0) is 13.3. The van der Waals surface area contributed by atoms with E-state index in [1.54, 1.807) is 0 Å². The van der Waals surface area contributed by atoms with E-state index >= 15 is 0 Å². The van der Waals surface area contributed by atoms with Crippen molar-refractivity contribution in [3.05, 3.63) is 29.8 Å². The third-order valence-electron chi connectivity index (χ3n) is 4.27. The number of hydrogen-bond acceptors (Lipinski definition) is 4. The number of ether oxygens (including phenoxy) is 2. The van der Waals surface area contributed by atoms with Gasteiger partial charge in [0.2, 0.25) is 0 Å². The van der Waals surface area contributed by atoms with Crippen LogP contribution in [-0.4, -0.2) is 36.6 Å². The molecule has 2 N–H and O–H groups in total. The van der Waals surface area contributed by atoms with Gasteiger partial charge in [-0.25, -0.2) is 0 Å². The highest BCUT2D eigenvalue weighted by Crippen LogP contribution is 2.32. The lowest BCUT2D eigenvalue weighted by molar-refractivity contribution is -0.0283. The molecule has 1 aromatic rings. The normalized spacial score (nSPS) is 33.8. The summed E-state index contributed by atoms with van der Waals surface area (Å²) < 4.78 is 11.1. The van der Waals surface area contributed by atoms with Crippen LogP contribution in [0.5, 0.6) is 5.75 Å². The third-order valence-corrected chi connectivity index (χ3v) is 4.27. The van der Waals surface area contributed by atoms with Crippen LogP contribution in [0.25, 0.3) is 0 Å². The second-order valence-corrected chi connectivity index (χ2v) is 5.48. The summed E-state index contributed by atoms with van der Waals surface area (Å²) in [5.74, 6) is 0.953. The van der Waals surface area contributed by atoms with Crippen LogP contribution in [0, 0.1) is 0 Å². The lowest BCUT2D eigenvalue weighted by atomic mass is 9.94. The Hall–Kier alpha value is -1.10. The minimum Gasteiger partial charge on any atom is -0.493 e. The predicted molar refractivity (Wildman–Crippen MR) is 72.3 cm³/mol. The first-order valence-electron chi connectivity index (χ1n) is 6.98. The van der Waals surface area contributed by atoms with Crippen molar-refractivity contribution in [3.63, 3.8) is 0 Å². The summed E-state index contributed by atoms with van der Waals surface area (Å²) in [7, 11) is 0. The van der Waals surface area contributed by atoms with Crippen molar-refractivity contribution in [2.75, 3.05) is 19.8 Å². The van der Waals surface area contributed by atoms with Crippen molar-refractivity contribution >= 4 is 0 Å². The molecule has 2 aliphatic rings. The number of nitrogens with one attached hydrogen (secondary N) is 1. The molecule has 0 radical (unpaired) electrons. The number of fused-ring (bicyclic) bond motifs is 1. The zero-order valence-electron chi connectivity index (χ0n) is 11.3. The third kappa shape index (κ3) is 2.48. The van der Waals surface area contributed by atoms with Gasteiger partial charge in [-0.3, -0.25) is 0 Å². The van der Waals surface area contributed by atoms with Gasteiger partial charge in [0.25, 0.3) is 0 Å². The molecule has 0 bridgehead atoms. The summed E-state index contributed by atoms with van der Waals surface area (Å²) in [4.78, 5) is 0. The molecule has 0 aliphatic carbocycles. The first kappa shape index (κ1) is 12.9. The maximum Gasteiger partial charge on any atom is 0.124 e. The van der Waals surface area contributed by atoms with E-state index in [1.165, 1.54) is 5.56 Å². The van der Waals surface area contributed by atoms with Gasteiger partial charge in [0.1, 0.15) is 11.4 Å². The van der Waals surface area contributed by atoms with Gasteiger partial charge in [0, 0.05) is 37.6 Å². The van der Waals surface area contributed by atoms with Crippen LogP contribution < -0.4 is 10.1 Å². The highest BCUT2D eigenvalue weighted by Gasteiger charge is 2.39. The van der Waals surface area contributed by atoms with E-state index in [-0.39, 0.29) is 12.1 Å². The Labute approximate surface area is 113 Å². The Kier molecular flexibility index (Phi) is 3.48. The molecule has 0 aromatic heterocycles. The van der Waals surface area contributed by atoms with Gasteiger partial charge in [-0.1, -0.05) is 18.2 Å². The molecular weight excluding hydrogens is 242 g/mol. The maximum atomic E-state index is 10.5. The lowest BCUT2D eigenvalue weighted by Crippen LogP contribution is -2.47. The Morgan fingerprint density at radius 1 is 1.37 bits per heavy atom. The Morgan fingerprint density at radius 2 is 2.21 bits per heavy atom. The van der Waals surface area contributed by atoms with E-state index in [9.17, 15) is 5.11 Å². The average Bonchev–Trinajstić information content (AvgIpc) is 2.77. The van der Waals surface area contributed by atoms with Crippen LogP contribution in [0.15, 0.2) is 24.3 Å². The van der Waals surface area contributed by atoms with Gasteiger partial charge in [0.15, 0.2) is 0 Å². The minimum absolute atomic E-state index is 0.102. The van der Waals surface area contributed by atoms with Crippen LogP contribution in [0.1, 0.15) is 31.4 Å². The second-order valence-electron chi connectivity index (χ2n) is 5.48. The summed E-state index contributed by atoms with van der Waals surface area (Å²) in [6.45, 7) is 3.86. The molecule has 104 valence electrons. The van der Waals surface area contributed by atoms with E-state index in [4.69, 9.17) is 9.47 Å². The maximum absolute atomic E-state index is 10.5. The van der Waals surface area contributed by atoms with Crippen molar-refractivity contribution < 1.29 is 14.6 Å². The van der Waals surface area contributed by atoms with Crippen LogP contribution >= 0.6 is 0 Å². The van der Waals surface area contributed by atoms with Crippen LogP contribution in [-0.2, 0) is 4.74 Å². The summed E-state index contributed by atoms with van der Waals surface area (Å²) in [6, 6.07) is 8.35. The smallest absolute Gasteiger partial charge is 0.124 e. The number of benzene rings is 1. The predicted octanol–water partition coefficient (Wildman–Crippen LogP) is 1.64. The first-order chi connectivity index (χ1) is 9.19. The van der Waals surface area contributed by atoms with Crippen molar-refractivity contribution in [2.24, 2.45) is 0 Å². The molecule has 4 nitrogen and oxygen atoms in total. The molecule has 2 aliphatic heterocycles. The standard InChI is InChI=1S/C15H21NO3/c1-11-15(17,7-9-18-11)10-16-13-6-8-19-14-5-3-2-4-12(13)14/h2-5,11,13,16-17H,6-10H2,1H3. The van der Waals surface area contributed by atoms with Crippen LogP contribution in [0.3, 0.4) is 0 Å². The Morgan fingerprint density at radius 3 is 3.00 bits per heavy atom. The summed E-state index contributed by atoms with van der Waals surface area (Å²) in [6.07, 6.45) is 1.53. The Balaban J connectivity index is 1.68. The number of hydrogen-bond donors (Lipinski definition) is 2. The molecule has 3 unspecified atom stereocenters. The topological polar surface area (TPSA) is 50.7 Å². The molecule has 1 aromatic carbocycles. The fourth-order valence-electron chi connectivity index (χ4n) is 2.86. The number of rotatable bonds is 3. The van der Waals surface area contributed by atoms with Gasteiger partial charge in [-0.15, -0.1) is 0 Å². The lowest BCUT2D eigenvalue weighted by Gasteiger charge is -2.32. The Bertz CT molecular complexity index is 451. The molecule has 4 heteroatoms. The average molecular weight is 263 g/mol. The molecule has 0 saturated carbocycles. The molecule has 19 heavy (non-hydrogen) atoms. The molecule has 2 heterocycles. The van der Waals surface area contributed by atoms with Crippen LogP contribution in [0.2, 0.25) is 0 Å². The molecule has 3 rings (SSSR count). The number of para-hydroxylation sites is 1. The quantitative estimate of drug-likeness (QED) is 0.870. The molecule has 1 fully saturated rings. The van der Waals surface area contributed by atoms with Gasteiger partial charge in [0.05, 0.1) is 12.7 Å². The zero-order valence-corrected chi connectivity index (χ0v) is 11.3. The van der Waals surface area contributed by atoms with E-state index in [0.717, 1.165) is 18.8 Å². The SMILES string of the molecule is CC1OCCC1(O)CNC1CCOc2ccccc21. The summed E-state index contributed by atoms with van der Waals surface area (Å²) in [5.41, 5.74) is 0.441. The monoisotopic (exact) mass is 263 g/mol. The van der Waals surface area contributed by atoms with Crippen molar-refractivity contribution in [2.45, 2.75) is 37.5 Å². The highest BCUT2D eigenvalue weighted by molar-refractivity contribution is 5.37. The molecular formula is C15H21NO3. The fourth-order valence-corrected chi connectivity index (χ4v) is 2.86. The number of aliphatic hydroxyl groups is 1. The first-order valence-corrected chi connectivity index (χ1v) is 6.98. The van der Waals surface area contributed by atoms with E-state index in [1.807, 2.05) is 25.1 Å². The molecule has 0 amide bonds. The van der Waals surface area contributed by atoms with Gasteiger partial charge in [-0.05, 0) is 13.0 Å². The minimum atomic E-state index is -0.743. The highest BCUT2D eigenvalue weighted by atomic mass is 16.5. The van der Waals surface area contributed by atoms with Crippen molar-refractivity contribution in [1.82, 2.24) is 5.32 Å². The van der Waals surface area contributed by atoms with E-state index < -0.39 is 5.60 Å². The van der Waals surface area contributed by atoms with Crippen molar-refractivity contribution in [1.29, 1.82) is 0 Å². The summed E-state index contributed by atoms with van der Waals surface area (Å²) >= 11 is 0. The van der Waals surface area contributed by atoms with Crippen LogP contribution in [0.4, 0.5) is 0 Å². The van der Waals surface area contributed by atoms with Gasteiger partial charge >= 0.3 is 0 Å². The van der Waals surface area contributed by atoms with E-state index in [0.29, 0.717) is 19.6 Å². The summed E-state index contributed by atoms with van der Waals surface area (Å²) in [5, 5.41) is 14.0. The van der Waals surface area contributed by atoms with Gasteiger partial charge in [-0.2, -0.15) is 0 Å². The molecule has 1 saturated heterocycles. The molecule has 0 spiro atoms. The van der Waals surface area contributed by atoms with Gasteiger partial charge < -0.3 is 19.9 Å². The van der Waals surface area contributed by atoms with Crippen molar-refractivity contribution in [3.8, 4) is 5.75 Å². The fraction of sp³-hybridized carbons (Fsp3) is 0.600. The second kappa shape index (κ2) is 5.12. The molecule has 3 atom stereocenters. The largest absolute Gasteiger partial charge is 0.493 e. The van der Waals surface area contributed by atoms with E-state index in [2.05, 4.69) is 11.4 Å².